The van der Waals surface area contributed by atoms with Gasteiger partial charge in [0.2, 0.25) is 15.9 Å². The van der Waals surface area contributed by atoms with Gasteiger partial charge in [-0.25, -0.2) is 16.8 Å². The van der Waals surface area contributed by atoms with Crippen LogP contribution >= 0.6 is 0 Å². The van der Waals surface area contributed by atoms with Gasteiger partial charge < -0.3 is 10.1 Å². The van der Waals surface area contributed by atoms with Gasteiger partial charge in [-0.15, -0.1) is 0 Å². The first-order valence-corrected chi connectivity index (χ1v) is 14.8. The summed E-state index contributed by atoms with van der Waals surface area (Å²) in [7, 11) is -5.81. The summed E-state index contributed by atoms with van der Waals surface area (Å²) in [6.07, 6.45) is 1.54. The highest BCUT2D eigenvalue weighted by atomic mass is 32.2. The minimum atomic E-state index is -3.81. The fourth-order valence-electron chi connectivity index (χ4n) is 3.56. The Balaban J connectivity index is 1.57. The number of hydrogen-bond acceptors (Lipinski definition) is 6. The van der Waals surface area contributed by atoms with Crippen LogP contribution < -0.4 is 19.1 Å². The number of sulfonamides is 2. The molecule has 3 aromatic rings. The van der Waals surface area contributed by atoms with Crippen molar-refractivity contribution < 1.29 is 26.4 Å². The average molecular weight is 546 g/mol. The first-order valence-electron chi connectivity index (χ1n) is 11.5. The van der Waals surface area contributed by atoms with Crippen LogP contribution in [0.5, 0.6) is 5.75 Å². The van der Waals surface area contributed by atoms with Crippen LogP contribution in [0.25, 0.3) is 0 Å². The Kier molecular flexibility index (Phi) is 8.82. The Labute approximate surface area is 218 Å². The summed E-state index contributed by atoms with van der Waals surface area (Å²) < 4.78 is 58.8. The molecule has 0 saturated carbocycles. The van der Waals surface area contributed by atoms with E-state index in [1.807, 2.05) is 26.0 Å². The van der Waals surface area contributed by atoms with Crippen molar-refractivity contribution in [1.82, 2.24) is 0 Å². The van der Waals surface area contributed by atoms with Gasteiger partial charge in [0.05, 0.1) is 23.9 Å². The Bertz CT molecular complexity index is 1450. The van der Waals surface area contributed by atoms with E-state index in [1.165, 1.54) is 35.7 Å². The molecule has 0 unspecified atom stereocenters. The topological polar surface area (TPSA) is 122 Å². The van der Waals surface area contributed by atoms with Crippen molar-refractivity contribution in [2.75, 3.05) is 34.3 Å². The third-order valence-electron chi connectivity index (χ3n) is 5.73. The Morgan fingerprint density at radius 2 is 1.49 bits per heavy atom. The number of anilines is 3. The summed E-state index contributed by atoms with van der Waals surface area (Å²) >= 11 is 0. The highest BCUT2D eigenvalue weighted by Gasteiger charge is 2.18. The maximum absolute atomic E-state index is 12.6. The lowest BCUT2D eigenvalue weighted by molar-refractivity contribution is -0.116. The molecule has 0 heterocycles. The Hall–Kier alpha value is -3.57. The largest absolute Gasteiger partial charge is 0.497 e. The fraction of sp³-hybridized carbons (Fsp3) is 0.269. The molecule has 3 aromatic carbocycles. The monoisotopic (exact) mass is 545 g/mol. The van der Waals surface area contributed by atoms with Gasteiger partial charge in [-0.1, -0.05) is 6.07 Å². The van der Waals surface area contributed by atoms with Gasteiger partial charge in [-0.2, -0.15) is 0 Å². The smallest absolute Gasteiger partial charge is 0.261 e. The van der Waals surface area contributed by atoms with Crippen molar-refractivity contribution in [2.45, 2.75) is 31.6 Å². The second-order valence-electron chi connectivity index (χ2n) is 8.61. The standard InChI is InChI=1S/C26H31N3O6S2/c1-19-7-12-23(18-20(19)2)29(36(4,31)32)17-5-6-26(30)27-21-10-15-25(16-11-21)37(33,34)28-22-8-13-24(35-3)14-9-22/h7-16,18,28H,5-6,17H2,1-4H3,(H,27,30). The quantitative estimate of drug-likeness (QED) is 0.371. The molecule has 37 heavy (non-hydrogen) atoms. The van der Waals surface area contributed by atoms with Gasteiger partial charge in [-0.3, -0.25) is 13.8 Å². The van der Waals surface area contributed by atoms with E-state index in [4.69, 9.17) is 4.74 Å². The lowest BCUT2D eigenvalue weighted by Gasteiger charge is -2.23. The van der Waals surface area contributed by atoms with Crippen molar-refractivity contribution in [3.05, 3.63) is 77.9 Å². The molecular formula is C26H31N3O6S2. The predicted molar refractivity (Wildman–Crippen MR) is 146 cm³/mol. The van der Waals surface area contributed by atoms with E-state index in [-0.39, 0.29) is 23.8 Å². The molecule has 0 saturated heterocycles. The van der Waals surface area contributed by atoms with Crippen LogP contribution in [0.3, 0.4) is 0 Å². The normalized spacial score (nSPS) is 11.6. The summed E-state index contributed by atoms with van der Waals surface area (Å²) in [5.74, 6) is 0.304. The maximum Gasteiger partial charge on any atom is 0.261 e. The number of rotatable bonds is 11. The zero-order valence-corrected chi connectivity index (χ0v) is 22.8. The summed E-state index contributed by atoms with van der Waals surface area (Å²) in [4.78, 5) is 12.5. The number of nitrogens with zero attached hydrogens (tertiary/aromatic N) is 1. The van der Waals surface area contributed by atoms with Gasteiger partial charge in [0, 0.05) is 24.3 Å². The second kappa shape index (κ2) is 11.7. The van der Waals surface area contributed by atoms with E-state index in [0.29, 0.717) is 29.2 Å². The van der Waals surface area contributed by atoms with E-state index < -0.39 is 20.0 Å². The van der Waals surface area contributed by atoms with Crippen LogP contribution in [0.15, 0.2) is 71.6 Å². The van der Waals surface area contributed by atoms with Gasteiger partial charge in [0.25, 0.3) is 10.0 Å². The molecular weight excluding hydrogens is 514 g/mol. The van der Waals surface area contributed by atoms with E-state index in [2.05, 4.69) is 10.0 Å². The maximum atomic E-state index is 12.6. The number of carbonyl (C=O) groups excluding carboxylic acids is 1. The van der Waals surface area contributed by atoms with Gasteiger partial charge >= 0.3 is 0 Å². The first-order chi connectivity index (χ1) is 17.4. The molecule has 0 aliphatic heterocycles. The number of hydrogen-bond donors (Lipinski definition) is 2. The van der Waals surface area contributed by atoms with Crippen LogP contribution in [-0.4, -0.2) is 42.7 Å². The molecule has 0 aliphatic carbocycles. The van der Waals surface area contributed by atoms with E-state index >= 15 is 0 Å². The van der Waals surface area contributed by atoms with Gasteiger partial charge in [0.1, 0.15) is 5.75 Å². The molecule has 0 fully saturated rings. The fourth-order valence-corrected chi connectivity index (χ4v) is 5.58. The van der Waals surface area contributed by atoms with Gasteiger partial charge in [0.15, 0.2) is 0 Å². The number of amides is 1. The summed E-state index contributed by atoms with van der Waals surface area (Å²) in [6.45, 7) is 4.02. The van der Waals surface area contributed by atoms with Crippen LogP contribution in [-0.2, 0) is 24.8 Å². The third kappa shape index (κ3) is 7.70. The SMILES string of the molecule is COc1ccc(NS(=O)(=O)c2ccc(NC(=O)CCCN(c3ccc(C)c(C)c3)S(C)(=O)=O)cc2)cc1. The number of methoxy groups -OCH3 is 1. The lowest BCUT2D eigenvalue weighted by Crippen LogP contribution is -2.31. The molecule has 1 amide bonds. The van der Waals surface area contributed by atoms with Crippen molar-refractivity contribution in [1.29, 1.82) is 0 Å². The molecule has 9 nitrogen and oxygen atoms in total. The zero-order chi connectivity index (χ0) is 27.2. The second-order valence-corrected chi connectivity index (χ2v) is 12.2. The molecule has 198 valence electrons. The van der Waals surface area contributed by atoms with Crippen molar-refractivity contribution in [2.24, 2.45) is 0 Å². The number of aryl methyl sites for hydroxylation is 2. The van der Waals surface area contributed by atoms with Crippen molar-refractivity contribution in [3.63, 3.8) is 0 Å². The lowest BCUT2D eigenvalue weighted by atomic mass is 10.1. The van der Waals surface area contributed by atoms with Crippen LogP contribution in [0.4, 0.5) is 17.1 Å². The molecule has 11 heteroatoms. The van der Waals surface area contributed by atoms with Crippen LogP contribution in [0.1, 0.15) is 24.0 Å². The van der Waals surface area contributed by atoms with E-state index in [9.17, 15) is 21.6 Å². The molecule has 2 N–H and O–H groups in total. The summed E-state index contributed by atoms with van der Waals surface area (Å²) in [5, 5.41) is 2.72. The van der Waals surface area contributed by atoms with Crippen LogP contribution in [0, 0.1) is 13.8 Å². The first kappa shape index (κ1) is 28.0. The van der Waals surface area contributed by atoms with Crippen molar-refractivity contribution in [3.8, 4) is 5.75 Å². The number of nitrogens with one attached hydrogen (secondary N) is 2. The minimum absolute atomic E-state index is 0.0403. The Morgan fingerprint density at radius 1 is 0.865 bits per heavy atom. The average Bonchev–Trinajstić information content (AvgIpc) is 2.83. The number of ether oxygens (including phenoxy) is 1. The van der Waals surface area contributed by atoms with Crippen LogP contribution in [0.2, 0.25) is 0 Å². The molecule has 3 rings (SSSR count). The zero-order valence-electron chi connectivity index (χ0n) is 21.2. The van der Waals surface area contributed by atoms with E-state index in [0.717, 1.165) is 17.4 Å². The minimum Gasteiger partial charge on any atom is -0.497 e. The van der Waals surface area contributed by atoms with E-state index in [1.54, 1.807) is 30.3 Å². The molecule has 0 aliphatic rings. The van der Waals surface area contributed by atoms with Gasteiger partial charge in [-0.05, 0) is 92.1 Å². The number of benzene rings is 3. The highest BCUT2D eigenvalue weighted by molar-refractivity contribution is 7.92. The third-order valence-corrected chi connectivity index (χ3v) is 8.33. The predicted octanol–water partition coefficient (Wildman–Crippen LogP) is 4.30. The molecule has 0 bridgehead atoms. The molecule has 0 aromatic heterocycles. The number of carbonyl (C=O) groups is 1. The summed E-state index contributed by atoms with van der Waals surface area (Å²) in [5.41, 5.74) is 3.43. The molecule has 0 atom stereocenters. The summed E-state index contributed by atoms with van der Waals surface area (Å²) in [6, 6.07) is 17.7. The Morgan fingerprint density at radius 3 is 2.05 bits per heavy atom. The molecule has 0 spiro atoms. The highest BCUT2D eigenvalue weighted by Crippen LogP contribution is 2.23. The molecule has 0 radical (unpaired) electrons. The van der Waals surface area contributed by atoms with Crippen molar-refractivity contribution >= 4 is 43.0 Å².